The Kier molecular flexibility index (Phi) is 10.3. The third-order valence-electron chi connectivity index (χ3n) is 13.3. The minimum absolute atomic E-state index is 1.13. The number of aromatic nitrogens is 1. The van der Waals surface area contributed by atoms with Gasteiger partial charge in [-0.1, -0.05) is 237 Å². The minimum atomic E-state index is 1.13. The maximum Gasteiger partial charge on any atom is 0.0541 e. The van der Waals surface area contributed by atoms with Crippen LogP contribution in [-0.2, 0) is 0 Å². The Labute approximate surface area is 392 Å². The van der Waals surface area contributed by atoms with Gasteiger partial charge in [0.25, 0.3) is 0 Å². The lowest BCUT2D eigenvalue weighted by Crippen LogP contribution is -1.94. The fraction of sp³-hybridized carbons (Fsp3) is 0. The van der Waals surface area contributed by atoms with Crippen molar-refractivity contribution >= 4 is 21.8 Å². The summed E-state index contributed by atoms with van der Waals surface area (Å²) >= 11 is 0. The molecule has 0 fully saturated rings. The molecule has 1 heteroatoms. The van der Waals surface area contributed by atoms with Crippen LogP contribution in [0.2, 0.25) is 0 Å². The molecule has 0 atom stereocenters. The van der Waals surface area contributed by atoms with E-state index in [2.05, 4.69) is 278 Å². The molecule has 1 nitrogen and oxygen atoms in total. The topological polar surface area (TPSA) is 4.93 Å². The van der Waals surface area contributed by atoms with Gasteiger partial charge in [0.2, 0.25) is 0 Å². The molecule has 0 radical (unpaired) electrons. The largest absolute Gasteiger partial charge is 0.309 e. The number of nitrogens with zero attached hydrogens (tertiary/aromatic N) is 1. The Morgan fingerprint density at radius 2 is 0.358 bits per heavy atom. The maximum atomic E-state index is 2.42. The first-order chi connectivity index (χ1) is 33.2. The highest BCUT2D eigenvalue weighted by Crippen LogP contribution is 2.39. The molecule has 0 saturated heterocycles. The third kappa shape index (κ3) is 7.84. The normalized spacial score (nSPS) is 11.3. The maximum absolute atomic E-state index is 2.42. The van der Waals surface area contributed by atoms with E-state index >= 15 is 0 Å². The summed E-state index contributed by atoms with van der Waals surface area (Å²) in [7, 11) is 0. The summed E-state index contributed by atoms with van der Waals surface area (Å²) in [5.74, 6) is 0. The molecule has 12 aromatic rings. The fourth-order valence-corrected chi connectivity index (χ4v) is 9.63. The van der Waals surface area contributed by atoms with Gasteiger partial charge in [0.1, 0.15) is 0 Å². The Bertz CT molecular complexity index is 3440. The summed E-state index contributed by atoms with van der Waals surface area (Å²) in [6.45, 7) is 0. The molecule has 0 unspecified atom stereocenters. The lowest BCUT2D eigenvalue weighted by molar-refractivity contribution is 1.18. The second-order valence-electron chi connectivity index (χ2n) is 17.3. The zero-order valence-corrected chi connectivity index (χ0v) is 36.9. The third-order valence-corrected chi connectivity index (χ3v) is 13.3. The van der Waals surface area contributed by atoms with Gasteiger partial charge in [-0.05, 0) is 125 Å². The number of benzene rings is 11. The van der Waals surface area contributed by atoms with Gasteiger partial charge in [-0.15, -0.1) is 0 Å². The summed E-state index contributed by atoms with van der Waals surface area (Å²) in [6, 6.07) is 99.3. The lowest BCUT2D eigenvalue weighted by Gasteiger charge is -2.11. The quantitative estimate of drug-likeness (QED) is 0.136. The van der Waals surface area contributed by atoms with E-state index < -0.39 is 0 Å². The van der Waals surface area contributed by atoms with Crippen molar-refractivity contribution in [2.75, 3.05) is 0 Å². The van der Waals surface area contributed by atoms with E-state index in [-0.39, 0.29) is 0 Å². The van der Waals surface area contributed by atoms with Crippen LogP contribution in [0.15, 0.2) is 273 Å². The SMILES string of the molecule is c1ccc(-c2ccc(-c3ccc(-c4ccc5c(c4)c4cc(-c6ccc(-c7ccc(-c8ccccc8)cc7)cc6)ccc4n5-c4ccc(-c5ccc(-c6ccccc6)cc5)cc4)cc3)cc2)cc1. The van der Waals surface area contributed by atoms with E-state index in [1.54, 1.807) is 0 Å². The molecule has 0 N–H and O–H groups in total. The molecule has 314 valence electrons. The van der Waals surface area contributed by atoms with Crippen LogP contribution < -0.4 is 0 Å². The molecule has 0 aliphatic heterocycles. The molecule has 12 rings (SSSR count). The van der Waals surface area contributed by atoms with E-state index in [0.717, 1.165) is 5.69 Å². The van der Waals surface area contributed by atoms with Crippen LogP contribution in [0.5, 0.6) is 0 Å². The summed E-state index contributed by atoms with van der Waals surface area (Å²) < 4.78 is 2.42. The number of fused-ring (bicyclic) bond motifs is 3. The molecular weight excluding hydrogens is 807 g/mol. The smallest absolute Gasteiger partial charge is 0.0541 e. The number of rotatable bonds is 9. The van der Waals surface area contributed by atoms with Crippen molar-refractivity contribution < 1.29 is 0 Å². The van der Waals surface area contributed by atoms with Crippen LogP contribution in [0, 0.1) is 0 Å². The van der Waals surface area contributed by atoms with Crippen LogP contribution in [-0.4, -0.2) is 4.57 Å². The van der Waals surface area contributed by atoms with Gasteiger partial charge in [-0.2, -0.15) is 0 Å². The van der Waals surface area contributed by atoms with Gasteiger partial charge in [0, 0.05) is 16.5 Å². The van der Waals surface area contributed by atoms with Crippen molar-refractivity contribution in [2.24, 2.45) is 0 Å². The molecule has 0 amide bonds. The predicted molar refractivity (Wildman–Crippen MR) is 284 cm³/mol. The van der Waals surface area contributed by atoms with Crippen molar-refractivity contribution in [2.45, 2.75) is 0 Å². The first kappa shape index (κ1) is 39.8. The van der Waals surface area contributed by atoms with Crippen molar-refractivity contribution in [3.63, 3.8) is 0 Å². The summed E-state index contributed by atoms with van der Waals surface area (Å²) in [5, 5.41) is 2.45. The lowest BCUT2D eigenvalue weighted by atomic mass is 9.96. The van der Waals surface area contributed by atoms with Crippen LogP contribution >= 0.6 is 0 Å². The molecule has 67 heavy (non-hydrogen) atoms. The van der Waals surface area contributed by atoms with Crippen molar-refractivity contribution in [1.82, 2.24) is 4.57 Å². The summed E-state index contributed by atoms with van der Waals surface area (Å²) in [5.41, 5.74) is 22.9. The van der Waals surface area contributed by atoms with Gasteiger partial charge >= 0.3 is 0 Å². The Morgan fingerprint density at radius 3 is 0.612 bits per heavy atom. The second-order valence-corrected chi connectivity index (χ2v) is 17.3. The number of hydrogen-bond donors (Lipinski definition) is 0. The van der Waals surface area contributed by atoms with E-state index in [9.17, 15) is 0 Å². The van der Waals surface area contributed by atoms with Crippen molar-refractivity contribution in [1.29, 1.82) is 0 Å². The number of hydrogen-bond acceptors (Lipinski definition) is 0. The molecule has 0 aliphatic carbocycles. The van der Waals surface area contributed by atoms with Crippen LogP contribution in [0.25, 0.3) is 117 Å². The molecule has 1 aromatic heterocycles. The van der Waals surface area contributed by atoms with Gasteiger partial charge in [0.15, 0.2) is 0 Å². The van der Waals surface area contributed by atoms with Gasteiger partial charge in [0.05, 0.1) is 11.0 Å². The molecule has 1 heterocycles. The minimum Gasteiger partial charge on any atom is -0.309 e. The average molecular weight is 852 g/mol. The van der Waals surface area contributed by atoms with Crippen molar-refractivity contribution in [3.8, 4) is 94.7 Å². The standard InChI is InChI=1S/C66H45N/c1-4-10-46(11-5-1)49-16-22-52(23-17-49)54-28-32-58(33-29-54)60-38-42-65-63(44-60)64-45-61(59-34-30-55(31-35-59)53-24-18-50(19-25-53)47-12-6-2-7-13-47)39-43-66(64)67(65)62-40-36-57(37-41-62)56-26-20-51(21-27-56)48-14-8-3-9-15-48/h1-45H. The molecule has 11 aromatic carbocycles. The van der Waals surface area contributed by atoms with E-state index in [4.69, 9.17) is 0 Å². The zero-order chi connectivity index (χ0) is 44.5. The van der Waals surface area contributed by atoms with E-state index in [1.165, 1.54) is 111 Å². The second kappa shape index (κ2) is 17.3. The van der Waals surface area contributed by atoms with Gasteiger partial charge in [-0.3, -0.25) is 0 Å². The Balaban J connectivity index is 0.891. The zero-order valence-electron chi connectivity index (χ0n) is 36.9. The predicted octanol–water partition coefficient (Wildman–Crippen LogP) is 18.1. The monoisotopic (exact) mass is 851 g/mol. The van der Waals surface area contributed by atoms with Gasteiger partial charge < -0.3 is 4.57 Å². The molecule has 0 saturated carbocycles. The highest BCUT2D eigenvalue weighted by atomic mass is 15.0. The van der Waals surface area contributed by atoms with Crippen LogP contribution in [0.1, 0.15) is 0 Å². The fourth-order valence-electron chi connectivity index (χ4n) is 9.63. The summed E-state index contributed by atoms with van der Waals surface area (Å²) in [6.07, 6.45) is 0. The highest BCUT2D eigenvalue weighted by Gasteiger charge is 2.16. The molecule has 0 bridgehead atoms. The summed E-state index contributed by atoms with van der Waals surface area (Å²) in [4.78, 5) is 0. The Morgan fingerprint density at radius 1 is 0.164 bits per heavy atom. The van der Waals surface area contributed by atoms with Gasteiger partial charge in [-0.25, -0.2) is 0 Å². The van der Waals surface area contributed by atoms with E-state index in [0.29, 0.717) is 0 Å². The van der Waals surface area contributed by atoms with Crippen molar-refractivity contribution in [3.05, 3.63) is 273 Å². The van der Waals surface area contributed by atoms with E-state index in [1.807, 2.05) is 0 Å². The average Bonchev–Trinajstić information content (AvgIpc) is 3.75. The molecule has 0 aliphatic rings. The van der Waals surface area contributed by atoms with Crippen LogP contribution in [0.3, 0.4) is 0 Å². The molecular formula is C66H45N. The first-order valence-corrected chi connectivity index (χ1v) is 23.1. The molecule has 0 spiro atoms. The Hall–Kier alpha value is -8.78. The highest BCUT2D eigenvalue weighted by molar-refractivity contribution is 6.11. The van der Waals surface area contributed by atoms with Crippen LogP contribution in [0.4, 0.5) is 0 Å². The first-order valence-electron chi connectivity index (χ1n) is 23.1.